The fraction of sp³-hybridized carbons (Fsp3) is 0.476. The molecule has 154 valence electrons. The number of benzene rings is 1. The van der Waals surface area contributed by atoms with Crippen molar-refractivity contribution in [1.82, 2.24) is 9.55 Å². The number of anilines is 2. The molecule has 2 aromatic rings. The average Bonchev–Trinajstić information content (AvgIpc) is 2.75. The molecule has 0 radical (unpaired) electrons. The van der Waals surface area contributed by atoms with Crippen molar-refractivity contribution in [3.63, 3.8) is 0 Å². The monoisotopic (exact) mass is 414 g/mol. The Hall–Kier alpha value is -2.32. The number of nitrogens with zero attached hydrogens (tertiary/aromatic N) is 3. The lowest BCUT2D eigenvalue weighted by Crippen LogP contribution is -2.38. The number of rotatable bonds is 4. The summed E-state index contributed by atoms with van der Waals surface area (Å²) in [5.74, 6) is 0.292. The number of aromatic nitrogens is 2. The highest BCUT2D eigenvalue weighted by atomic mass is 32.2. The molecule has 2 aliphatic heterocycles. The highest BCUT2D eigenvalue weighted by molar-refractivity contribution is 7.99. The van der Waals surface area contributed by atoms with E-state index < -0.39 is 0 Å². The zero-order valence-electron chi connectivity index (χ0n) is 16.8. The van der Waals surface area contributed by atoms with E-state index in [0.717, 1.165) is 48.9 Å². The van der Waals surface area contributed by atoms with Gasteiger partial charge in [0.1, 0.15) is 0 Å². The maximum Gasteiger partial charge on any atom is 0.257 e. The highest BCUT2D eigenvalue weighted by Crippen LogP contribution is 2.27. The third-order valence-electron chi connectivity index (χ3n) is 5.49. The van der Waals surface area contributed by atoms with E-state index in [1.165, 1.54) is 11.8 Å². The number of aryl methyl sites for hydroxylation is 1. The van der Waals surface area contributed by atoms with Gasteiger partial charge in [-0.3, -0.25) is 14.2 Å². The van der Waals surface area contributed by atoms with Crippen LogP contribution in [0, 0.1) is 12.8 Å². The van der Waals surface area contributed by atoms with Crippen molar-refractivity contribution in [3.8, 4) is 0 Å². The molecule has 0 spiro atoms. The van der Waals surface area contributed by atoms with E-state index in [1.807, 2.05) is 38.1 Å². The van der Waals surface area contributed by atoms with Crippen LogP contribution in [0.1, 0.15) is 18.2 Å². The molecule has 3 heterocycles. The van der Waals surface area contributed by atoms with Crippen molar-refractivity contribution in [1.29, 1.82) is 0 Å². The Morgan fingerprint density at radius 1 is 1.28 bits per heavy atom. The number of nitrogens with one attached hydrogen (secondary N) is 1. The predicted molar refractivity (Wildman–Crippen MR) is 115 cm³/mol. The number of thioether (sulfide) groups is 1. The van der Waals surface area contributed by atoms with Gasteiger partial charge >= 0.3 is 0 Å². The molecule has 7 nitrogen and oxygen atoms in total. The molecule has 8 heteroatoms. The lowest BCUT2D eigenvalue weighted by molar-refractivity contribution is -0.119. The van der Waals surface area contributed by atoms with E-state index in [-0.39, 0.29) is 17.4 Å². The Labute approximate surface area is 174 Å². The Bertz CT molecular complexity index is 952. The first-order valence-corrected chi connectivity index (χ1v) is 11.0. The minimum atomic E-state index is -0.265. The van der Waals surface area contributed by atoms with E-state index in [9.17, 15) is 9.59 Å². The summed E-state index contributed by atoms with van der Waals surface area (Å²) in [5.41, 5.74) is 3.41. The van der Waals surface area contributed by atoms with Crippen LogP contribution in [0.4, 0.5) is 11.4 Å². The van der Waals surface area contributed by atoms with Crippen LogP contribution in [0.25, 0.3) is 0 Å². The topological polar surface area (TPSA) is 76.5 Å². The van der Waals surface area contributed by atoms with E-state index in [0.29, 0.717) is 23.9 Å². The second kappa shape index (κ2) is 8.59. The van der Waals surface area contributed by atoms with Crippen LogP contribution in [0.15, 0.2) is 34.2 Å². The van der Waals surface area contributed by atoms with Gasteiger partial charge in [-0.25, -0.2) is 4.98 Å². The Kier molecular flexibility index (Phi) is 5.91. The highest BCUT2D eigenvalue weighted by Gasteiger charge is 2.28. The first kappa shape index (κ1) is 20.0. The van der Waals surface area contributed by atoms with Crippen LogP contribution >= 0.6 is 11.8 Å². The number of hydrogen-bond donors (Lipinski definition) is 1. The van der Waals surface area contributed by atoms with E-state index in [2.05, 4.69) is 15.2 Å². The molecular weight excluding hydrogens is 388 g/mol. The Balaban J connectivity index is 1.44. The molecular formula is C21H26N4O3S. The molecule has 1 saturated heterocycles. The number of carbonyl (C=O) groups is 1. The number of ether oxygens (including phenoxy) is 1. The van der Waals surface area contributed by atoms with Crippen molar-refractivity contribution >= 4 is 29.0 Å². The van der Waals surface area contributed by atoms with Gasteiger partial charge in [0.15, 0.2) is 5.16 Å². The first-order valence-electron chi connectivity index (χ1n) is 10.0. The summed E-state index contributed by atoms with van der Waals surface area (Å²) in [4.78, 5) is 32.4. The molecule has 1 atom stereocenters. The number of fused-ring (bicyclic) bond motifs is 1. The minimum absolute atomic E-state index is 0.0186. The van der Waals surface area contributed by atoms with Crippen molar-refractivity contribution < 1.29 is 9.53 Å². The fourth-order valence-electron chi connectivity index (χ4n) is 3.78. The van der Waals surface area contributed by atoms with E-state index in [4.69, 9.17) is 4.74 Å². The lowest BCUT2D eigenvalue weighted by Gasteiger charge is -2.29. The summed E-state index contributed by atoms with van der Waals surface area (Å²) in [6, 6.07) is 7.91. The van der Waals surface area contributed by atoms with Gasteiger partial charge < -0.3 is 15.0 Å². The van der Waals surface area contributed by atoms with Gasteiger partial charge in [-0.2, -0.15) is 0 Å². The lowest BCUT2D eigenvalue weighted by atomic mass is 10.1. The summed E-state index contributed by atoms with van der Waals surface area (Å²) >= 11 is 1.48. The van der Waals surface area contributed by atoms with Crippen molar-refractivity contribution in [2.24, 2.45) is 5.92 Å². The Morgan fingerprint density at radius 2 is 2.00 bits per heavy atom. The molecule has 1 aromatic heterocycles. The van der Waals surface area contributed by atoms with Gasteiger partial charge in [-0.15, -0.1) is 0 Å². The summed E-state index contributed by atoms with van der Waals surface area (Å²) in [6.45, 7) is 7.46. The summed E-state index contributed by atoms with van der Waals surface area (Å²) < 4.78 is 7.05. The normalized spacial score (nSPS) is 19.0. The SMILES string of the molecule is CCc1c(C)nc2n(c1=O)C[C@@H](C(=O)Nc1ccc(N3CCOCC3)cc1)CS2. The maximum absolute atomic E-state index is 12.8. The van der Waals surface area contributed by atoms with E-state index in [1.54, 1.807) is 4.57 Å². The number of amides is 1. The fourth-order valence-corrected chi connectivity index (χ4v) is 4.90. The molecule has 0 saturated carbocycles. The number of carbonyl (C=O) groups excluding carboxylic acids is 1. The summed E-state index contributed by atoms with van der Waals surface area (Å²) in [7, 11) is 0. The van der Waals surface area contributed by atoms with Crippen LogP contribution in [-0.4, -0.2) is 47.5 Å². The van der Waals surface area contributed by atoms with Crippen molar-refractivity contribution in [2.75, 3.05) is 42.3 Å². The van der Waals surface area contributed by atoms with Crippen LogP contribution in [0.5, 0.6) is 0 Å². The molecule has 0 unspecified atom stereocenters. The van der Waals surface area contributed by atoms with Gasteiger partial charge in [0.2, 0.25) is 5.91 Å². The standard InChI is InChI=1S/C21H26N4O3S/c1-3-18-14(2)22-21-25(20(18)27)12-15(13-29-21)19(26)23-16-4-6-17(7-5-16)24-8-10-28-11-9-24/h4-7,15H,3,8-13H2,1-2H3,(H,23,26)/t15-/m1/s1. The predicted octanol–water partition coefficient (Wildman–Crippen LogP) is 2.31. The first-order chi connectivity index (χ1) is 14.1. The van der Waals surface area contributed by atoms with Gasteiger partial charge in [0.05, 0.1) is 19.1 Å². The molecule has 2 aliphatic rings. The van der Waals surface area contributed by atoms with Gasteiger partial charge in [0, 0.05) is 48.0 Å². The van der Waals surface area contributed by atoms with Crippen molar-refractivity contribution in [2.45, 2.75) is 32.0 Å². The zero-order chi connectivity index (χ0) is 20.4. The molecule has 0 aliphatic carbocycles. The number of hydrogen-bond acceptors (Lipinski definition) is 6. The van der Waals surface area contributed by atoms with Crippen molar-refractivity contribution in [3.05, 3.63) is 45.9 Å². The second-order valence-electron chi connectivity index (χ2n) is 7.37. The van der Waals surface area contributed by atoms with Crippen LogP contribution in [0.3, 0.4) is 0 Å². The molecule has 29 heavy (non-hydrogen) atoms. The maximum atomic E-state index is 12.8. The molecule has 4 rings (SSSR count). The molecule has 0 bridgehead atoms. The molecule has 1 fully saturated rings. The smallest absolute Gasteiger partial charge is 0.257 e. The molecule has 1 N–H and O–H groups in total. The summed E-state index contributed by atoms with van der Waals surface area (Å²) in [5, 5.41) is 3.71. The second-order valence-corrected chi connectivity index (χ2v) is 8.36. The zero-order valence-corrected chi connectivity index (χ0v) is 17.6. The van der Waals surface area contributed by atoms with Gasteiger partial charge in [-0.05, 0) is 37.6 Å². The van der Waals surface area contributed by atoms with Gasteiger partial charge in [-0.1, -0.05) is 18.7 Å². The van der Waals surface area contributed by atoms with Gasteiger partial charge in [0.25, 0.3) is 5.56 Å². The minimum Gasteiger partial charge on any atom is -0.378 e. The third-order valence-corrected chi connectivity index (χ3v) is 6.63. The Morgan fingerprint density at radius 3 is 2.69 bits per heavy atom. The largest absolute Gasteiger partial charge is 0.378 e. The molecule has 1 aromatic carbocycles. The third kappa shape index (κ3) is 4.18. The van der Waals surface area contributed by atoms with Crippen LogP contribution < -0.4 is 15.8 Å². The van der Waals surface area contributed by atoms with Crippen LogP contribution in [-0.2, 0) is 22.5 Å². The molecule has 1 amide bonds. The quantitative estimate of drug-likeness (QED) is 0.774. The van der Waals surface area contributed by atoms with E-state index >= 15 is 0 Å². The number of morpholine rings is 1. The average molecular weight is 415 g/mol. The van der Waals surface area contributed by atoms with Crippen LogP contribution in [0.2, 0.25) is 0 Å². The summed E-state index contributed by atoms with van der Waals surface area (Å²) in [6.07, 6.45) is 0.648.